The van der Waals surface area contributed by atoms with Crippen molar-refractivity contribution >= 4 is 6.21 Å². The van der Waals surface area contributed by atoms with Gasteiger partial charge >= 0.3 is 0 Å². The van der Waals surface area contributed by atoms with Gasteiger partial charge in [-0.1, -0.05) is 36.2 Å². The number of hydrogen-bond donors (Lipinski definition) is 0. The molecule has 1 aromatic carbocycles. The molecule has 0 bridgehead atoms. The highest BCUT2D eigenvalue weighted by Gasteiger charge is 2.16. The first kappa shape index (κ1) is 14.3. The van der Waals surface area contributed by atoms with Gasteiger partial charge in [-0.2, -0.15) is 0 Å². The predicted octanol–water partition coefficient (Wildman–Crippen LogP) is 3.68. The fourth-order valence-corrected chi connectivity index (χ4v) is 2.68. The van der Waals surface area contributed by atoms with Crippen LogP contribution in [0.4, 0.5) is 0 Å². The van der Waals surface area contributed by atoms with Gasteiger partial charge < -0.3 is 4.90 Å². The van der Waals surface area contributed by atoms with E-state index in [9.17, 15) is 0 Å². The lowest BCUT2D eigenvalue weighted by atomic mass is 10.0. The molecule has 1 atom stereocenters. The Kier molecular flexibility index (Phi) is 5.59. The number of piperidine rings is 1. The molecule has 0 amide bonds. The van der Waals surface area contributed by atoms with Crippen LogP contribution in [0, 0.1) is 6.92 Å². The van der Waals surface area contributed by atoms with E-state index in [2.05, 4.69) is 48.0 Å². The molecule has 1 aliphatic rings. The van der Waals surface area contributed by atoms with Crippen LogP contribution in [0.1, 0.15) is 43.7 Å². The van der Waals surface area contributed by atoms with Crippen molar-refractivity contribution in [3.63, 3.8) is 0 Å². The van der Waals surface area contributed by atoms with E-state index < -0.39 is 0 Å². The second-order valence-electron chi connectivity index (χ2n) is 5.68. The summed E-state index contributed by atoms with van der Waals surface area (Å²) in [5.41, 5.74) is 2.51. The normalized spacial score (nSPS) is 21.1. The molecule has 1 fully saturated rings. The standard InChI is InChI=1S/C17H26N2/c1-15-7-9-17(10-8-15)14-18-11-5-13-19-12-4-3-6-16(19)2/h7-10,14,16H,3-6,11-13H2,1-2H3. The molecular formula is C17H26N2. The molecule has 1 aliphatic heterocycles. The molecule has 1 saturated heterocycles. The van der Waals surface area contributed by atoms with E-state index in [0.29, 0.717) is 0 Å². The molecule has 1 unspecified atom stereocenters. The first-order chi connectivity index (χ1) is 9.25. The van der Waals surface area contributed by atoms with Crippen molar-refractivity contribution in [2.45, 2.75) is 45.6 Å². The maximum absolute atomic E-state index is 4.53. The van der Waals surface area contributed by atoms with Gasteiger partial charge in [0, 0.05) is 25.3 Å². The van der Waals surface area contributed by atoms with Crippen LogP contribution < -0.4 is 0 Å². The highest BCUT2D eigenvalue weighted by molar-refractivity contribution is 5.79. The van der Waals surface area contributed by atoms with Crippen LogP contribution in [0.5, 0.6) is 0 Å². The molecule has 2 nitrogen and oxygen atoms in total. The topological polar surface area (TPSA) is 15.6 Å². The number of nitrogens with zero attached hydrogens (tertiary/aromatic N) is 2. The summed E-state index contributed by atoms with van der Waals surface area (Å²) < 4.78 is 0. The maximum atomic E-state index is 4.53. The maximum Gasteiger partial charge on any atom is 0.0401 e. The molecule has 2 heteroatoms. The average molecular weight is 258 g/mol. The van der Waals surface area contributed by atoms with E-state index in [0.717, 1.165) is 12.6 Å². The number of likely N-dealkylation sites (tertiary alicyclic amines) is 1. The van der Waals surface area contributed by atoms with Gasteiger partial charge in [0.05, 0.1) is 0 Å². The van der Waals surface area contributed by atoms with Crippen LogP contribution in [0.3, 0.4) is 0 Å². The largest absolute Gasteiger partial charge is 0.301 e. The number of rotatable bonds is 5. The molecule has 0 aliphatic carbocycles. The first-order valence-corrected chi connectivity index (χ1v) is 7.56. The third kappa shape index (κ3) is 4.79. The summed E-state index contributed by atoms with van der Waals surface area (Å²) >= 11 is 0. The Morgan fingerprint density at radius 2 is 2.05 bits per heavy atom. The van der Waals surface area contributed by atoms with Gasteiger partial charge in [-0.3, -0.25) is 4.99 Å². The first-order valence-electron chi connectivity index (χ1n) is 7.56. The minimum atomic E-state index is 0.773. The lowest BCUT2D eigenvalue weighted by Gasteiger charge is -2.33. The van der Waals surface area contributed by atoms with Crippen LogP contribution in [0.15, 0.2) is 29.3 Å². The van der Waals surface area contributed by atoms with Crippen LogP contribution in [0.25, 0.3) is 0 Å². The van der Waals surface area contributed by atoms with Gasteiger partial charge in [0.1, 0.15) is 0 Å². The predicted molar refractivity (Wildman–Crippen MR) is 83.1 cm³/mol. The Morgan fingerprint density at radius 3 is 2.79 bits per heavy atom. The summed E-state index contributed by atoms with van der Waals surface area (Å²) in [6, 6.07) is 9.31. The Hall–Kier alpha value is -1.15. The molecule has 1 heterocycles. The van der Waals surface area contributed by atoms with Crippen molar-refractivity contribution in [2.75, 3.05) is 19.6 Å². The van der Waals surface area contributed by atoms with Gasteiger partial charge in [0.15, 0.2) is 0 Å². The summed E-state index contributed by atoms with van der Waals surface area (Å²) in [7, 11) is 0. The number of benzene rings is 1. The molecule has 0 aromatic heterocycles. The monoisotopic (exact) mass is 258 g/mol. The summed E-state index contributed by atoms with van der Waals surface area (Å²) in [5.74, 6) is 0. The molecule has 1 aromatic rings. The van der Waals surface area contributed by atoms with Crippen molar-refractivity contribution in [3.8, 4) is 0 Å². The Morgan fingerprint density at radius 1 is 1.26 bits per heavy atom. The number of aliphatic imine (C=N–C) groups is 1. The number of aryl methyl sites for hydroxylation is 1. The fourth-order valence-electron chi connectivity index (χ4n) is 2.68. The molecule has 0 saturated carbocycles. The summed E-state index contributed by atoms with van der Waals surface area (Å²) in [5, 5.41) is 0. The third-order valence-corrected chi connectivity index (χ3v) is 3.99. The SMILES string of the molecule is Cc1ccc(C=NCCCN2CCCCC2C)cc1. The van der Waals surface area contributed by atoms with Crippen molar-refractivity contribution < 1.29 is 0 Å². The van der Waals surface area contributed by atoms with Gasteiger partial charge in [-0.15, -0.1) is 0 Å². The van der Waals surface area contributed by atoms with Crippen molar-refractivity contribution in [1.29, 1.82) is 0 Å². The van der Waals surface area contributed by atoms with Crippen LogP contribution in [0.2, 0.25) is 0 Å². The van der Waals surface area contributed by atoms with Gasteiger partial charge in [-0.25, -0.2) is 0 Å². The molecule has 19 heavy (non-hydrogen) atoms. The second-order valence-corrected chi connectivity index (χ2v) is 5.68. The molecule has 104 valence electrons. The lowest BCUT2D eigenvalue weighted by Crippen LogP contribution is -2.38. The Labute approximate surface area is 117 Å². The summed E-state index contributed by atoms with van der Waals surface area (Å²) in [4.78, 5) is 7.15. The van der Waals surface area contributed by atoms with E-state index in [-0.39, 0.29) is 0 Å². The smallest absolute Gasteiger partial charge is 0.0401 e. The van der Waals surface area contributed by atoms with Gasteiger partial charge in [0.25, 0.3) is 0 Å². The van der Waals surface area contributed by atoms with Crippen LogP contribution in [-0.2, 0) is 0 Å². The van der Waals surface area contributed by atoms with Crippen LogP contribution >= 0.6 is 0 Å². The Bertz CT molecular complexity index is 394. The summed E-state index contributed by atoms with van der Waals surface area (Å²) in [6.45, 7) is 7.89. The number of hydrogen-bond acceptors (Lipinski definition) is 2. The third-order valence-electron chi connectivity index (χ3n) is 3.99. The van der Waals surface area contributed by atoms with E-state index >= 15 is 0 Å². The molecule has 2 rings (SSSR count). The molecule has 0 N–H and O–H groups in total. The second kappa shape index (κ2) is 7.44. The molecular weight excluding hydrogens is 232 g/mol. The van der Waals surface area contributed by atoms with E-state index in [4.69, 9.17) is 0 Å². The quantitative estimate of drug-likeness (QED) is 0.581. The summed E-state index contributed by atoms with van der Waals surface area (Å²) in [6.07, 6.45) is 7.32. The fraction of sp³-hybridized carbons (Fsp3) is 0.588. The molecule has 0 spiro atoms. The zero-order valence-corrected chi connectivity index (χ0v) is 12.3. The van der Waals surface area contributed by atoms with Gasteiger partial charge in [0.2, 0.25) is 0 Å². The highest BCUT2D eigenvalue weighted by atomic mass is 15.2. The lowest BCUT2D eigenvalue weighted by molar-refractivity contribution is 0.160. The van der Waals surface area contributed by atoms with E-state index in [1.165, 1.54) is 49.9 Å². The average Bonchev–Trinajstić information content (AvgIpc) is 2.42. The molecule has 0 radical (unpaired) electrons. The minimum Gasteiger partial charge on any atom is -0.301 e. The highest BCUT2D eigenvalue weighted by Crippen LogP contribution is 2.16. The van der Waals surface area contributed by atoms with E-state index in [1.54, 1.807) is 0 Å². The van der Waals surface area contributed by atoms with Crippen LogP contribution in [-0.4, -0.2) is 36.8 Å². The Balaban J connectivity index is 1.67. The minimum absolute atomic E-state index is 0.773. The van der Waals surface area contributed by atoms with Crippen molar-refractivity contribution in [1.82, 2.24) is 4.90 Å². The van der Waals surface area contributed by atoms with Crippen molar-refractivity contribution in [3.05, 3.63) is 35.4 Å². The van der Waals surface area contributed by atoms with Gasteiger partial charge in [-0.05, 0) is 45.2 Å². The van der Waals surface area contributed by atoms with E-state index in [1.807, 2.05) is 6.21 Å². The van der Waals surface area contributed by atoms with Crippen molar-refractivity contribution in [2.24, 2.45) is 4.99 Å². The zero-order valence-electron chi connectivity index (χ0n) is 12.3. The zero-order chi connectivity index (χ0) is 13.5.